The molecule has 0 saturated carbocycles. The lowest BCUT2D eigenvalue weighted by molar-refractivity contribution is 1.04. The van der Waals surface area contributed by atoms with Crippen LogP contribution in [-0.4, -0.2) is 11.7 Å². The average molecular weight is 240 g/mol. The molecule has 1 aliphatic carbocycles. The molecule has 0 bridgehead atoms. The predicted molar refractivity (Wildman–Crippen MR) is 74.7 cm³/mol. The van der Waals surface area contributed by atoms with Crippen LogP contribution in [0.2, 0.25) is 0 Å². The van der Waals surface area contributed by atoms with Crippen LogP contribution in [0.15, 0.2) is 42.0 Å². The Morgan fingerprint density at radius 3 is 2.22 bits per heavy atom. The molecule has 0 unspecified atom stereocenters. The Bertz CT molecular complexity index is 550. The molecule has 0 spiro atoms. The van der Waals surface area contributed by atoms with Crippen LogP contribution in [0.4, 0.5) is 0 Å². The quantitative estimate of drug-likeness (QED) is 0.480. The van der Waals surface area contributed by atoms with Crippen molar-refractivity contribution in [1.29, 1.82) is 10.8 Å². The average Bonchev–Trinajstić information content (AvgIpc) is 2.39. The van der Waals surface area contributed by atoms with E-state index in [0.717, 1.165) is 35.1 Å². The van der Waals surface area contributed by atoms with E-state index in [9.17, 15) is 0 Å². The van der Waals surface area contributed by atoms with E-state index in [-0.39, 0.29) is 11.7 Å². The third kappa shape index (κ3) is 2.48. The number of hydrogen-bond donors (Lipinski definition) is 4. The monoisotopic (exact) mass is 240 g/mol. The summed E-state index contributed by atoms with van der Waals surface area (Å²) in [5, 5.41) is 14.8. The van der Waals surface area contributed by atoms with Crippen molar-refractivity contribution in [3.63, 3.8) is 0 Å². The summed E-state index contributed by atoms with van der Waals surface area (Å²) < 4.78 is 0. The maximum absolute atomic E-state index is 7.45. The molecule has 0 heterocycles. The van der Waals surface area contributed by atoms with E-state index in [4.69, 9.17) is 22.3 Å². The highest BCUT2D eigenvalue weighted by atomic mass is 14.7. The molecule has 0 radical (unpaired) electrons. The molecule has 0 amide bonds. The first kappa shape index (κ1) is 12.1. The Kier molecular flexibility index (Phi) is 3.28. The number of rotatable bonds is 3. The van der Waals surface area contributed by atoms with Gasteiger partial charge in [-0.3, -0.25) is 10.8 Å². The Hall–Kier alpha value is -2.36. The normalized spacial score (nSPS) is 14.7. The van der Waals surface area contributed by atoms with Crippen molar-refractivity contribution < 1.29 is 0 Å². The van der Waals surface area contributed by atoms with Crippen LogP contribution in [-0.2, 0) is 0 Å². The fourth-order valence-corrected chi connectivity index (χ4v) is 1.98. The van der Waals surface area contributed by atoms with Gasteiger partial charge in [0.25, 0.3) is 0 Å². The molecule has 4 nitrogen and oxygen atoms in total. The van der Waals surface area contributed by atoms with Crippen LogP contribution in [0.5, 0.6) is 0 Å². The third-order valence-corrected chi connectivity index (χ3v) is 2.99. The van der Waals surface area contributed by atoms with Crippen molar-refractivity contribution in [2.75, 3.05) is 0 Å². The van der Waals surface area contributed by atoms with E-state index in [1.165, 1.54) is 0 Å². The fraction of sp³-hybridized carbons (Fsp3) is 0.143. The van der Waals surface area contributed by atoms with Gasteiger partial charge in [0.15, 0.2) is 0 Å². The summed E-state index contributed by atoms with van der Waals surface area (Å²) in [6, 6.07) is 7.58. The maximum Gasteiger partial charge on any atom is 0.122 e. The van der Waals surface area contributed by atoms with E-state index in [1.54, 1.807) is 0 Å². The smallest absolute Gasteiger partial charge is 0.122 e. The summed E-state index contributed by atoms with van der Waals surface area (Å²) in [5.74, 6) is 0.177. The molecule has 0 saturated heterocycles. The molecule has 1 aromatic carbocycles. The van der Waals surface area contributed by atoms with Crippen molar-refractivity contribution >= 4 is 17.2 Å². The van der Waals surface area contributed by atoms with Crippen molar-refractivity contribution in [2.24, 2.45) is 11.5 Å². The molecule has 92 valence electrons. The Morgan fingerprint density at radius 2 is 1.67 bits per heavy atom. The third-order valence-electron chi connectivity index (χ3n) is 2.99. The second-order valence-corrected chi connectivity index (χ2v) is 4.27. The molecule has 1 aliphatic rings. The standard InChI is InChI=1S/C14H16N4/c15-13(16)10-6-4-9(5-7-10)11-2-1-3-12(8-11)14(17)18/h3-8H,1-2H2,(H3,15,16)(H3,17,18). The number of allylic oxidation sites excluding steroid dienone is 2. The van der Waals surface area contributed by atoms with Gasteiger partial charge in [0.2, 0.25) is 0 Å². The lowest BCUT2D eigenvalue weighted by atomic mass is 9.93. The summed E-state index contributed by atoms with van der Waals surface area (Å²) >= 11 is 0. The number of benzene rings is 1. The van der Waals surface area contributed by atoms with Crippen molar-refractivity contribution in [2.45, 2.75) is 12.8 Å². The number of nitrogens with one attached hydrogen (secondary N) is 2. The summed E-state index contributed by atoms with van der Waals surface area (Å²) in [6.45, 7) is 0. The molecule has 0 fully saturated rings. The Labute approximate surface area is 106 Å². The lowest BCUT2D eigenvalue weighted by Gasteiger charge is -2.13. The first-order valence-electron chi connectivity index (χ1n) is 5.78. The van der Waals surface area contributed by atoms with E-state index >= 15 is 0 Å². The largest absolute Gasteiger partial charge is 0.384 e. The van der Waals surface area contributed by atoms with Gasteiger partial charge in [-0.25, -0.2) is 0 Å². The van der Waals surface area contributed by atoms with Gasteiger partial charge in [-0.2, -0.15) is 0 Å². The molecule has 6 N–H and O–H groups in total. The molecule has 18 heavy (non-hydrogen) atoms. The number of hydrogen-bond acceptors (Lipinski definition) is 2. The first-order valence-corrected chi connectivity index (χ1v) is 5.78. The van der Waals surface area contributed by atoms with Crippen molar-refractivity contribution in [1.82, 2.24) is 0 Å². The minimum Gasteiger partial charge on any atom is -0.384 e. The number of nitrogens with two attached hydrogens (primary N) is 2. The van der Waals surface area contributed by atoms with Crippen molar-refractivity contribution in [3.05, 3.63) is 53.1 Å². The van der Waals surface area contributed by atoms with Gasteiger partial charge in [-0.15, -0.1) is 0 Å². The van der Waals surface area contributed by atoms with Crippen LogP contribution in [0.1, 0.15) is 24.0 Å². The molecule has 1 aromatic rings. The first-order chi connectivity index (χ1) is 8.58. The number of nitrogen functional groups attached to an aromatic ring is 1. The second-order valence-electron chi connectivity index (χ2n) is 4.27. The molecular formula is C14H16N4. The minimum absolute atomic E-state index is 0.0727. The maximum atomic E-state index is 7.45. The fourth-order valence-electron chi connectivity index (χ4n) is 1.98. The summed E-state index contributed by atoms with van der Waals surface area (Å²) in [7, 11) is 0. The highest BCUT2D eigenvalue weighted by Crippen LogP contribution is 2.26. The van der Waals surface area contributed by atoms with E-state index in [2.05, 4.69) is 0 Å². The predicted octanol–water partition coefficient (Wildman–Crippen LogP) is 2.01. The lowest BCUT2D eigenvalue weighted by Crippen LogP contribution is -2.13. The summed E-state index contributed by atoms with van der Waals surface area (Å²) in [4.78, 5) is 0. The molecule has 0 aromatic heterocycles. The van der Waals surface area contributed by atoms with Crippen LogP contribution >= 0.6 is 0 Å². The van der Waals surface area contributed by atoms with Gasteiger partial charge in [0, 0.05) is 11.1 Å². The Balaban J connectivity index is 2.29. The van der Waals surface area contributed by atoms with E-state index < -0.39 is 0 Å². The molecule has 0 aliphatic heterocycles. The molecule has 2 rings (SSSR count). The highest BCUT2D eigenvalue weighted by molar-refractivity contribution is 6.00. The van der Waals surface area contributed by atoms with Crippen LogP contribution in [0, 0.1) is 10.8 Å². The van der Waals surface area contributed by atoms with Gasteiger partial charge in [-0.05, 0) is 30.1 Å². The van der Waals surface area contributed by atoms with Crippen LogP contribution < -0.4 is 11.5 Å². The molecule has 0 atom stereocenters. The van der Waals surface area contributed by atoms with Gasteiger partial charge < -0.3 is 11.5 Å². The van der Waals surface area contributed by atoms with Crippen LogP contribution in [0.3, 0.4) is 0 Å². The van der Waals surface area contributed by atoms with E-state index in [1.807, 2.05) is 36.4 Å². The van der Waals surface area contributed by atoms with Gasteiger partial charge in [0.1, 0.15) is 11.7 Å². The van der Waals surface area contributed by atoms with Gasteiger partial charge in [0.05, 0.1) is 0 Å². The SMILES string of the molecule is N=C(N)C1=CCCC(c2ccc(C(=N)N)cc2)=C1. The van der Waals surface area contributed by atoms with Crippen LogP contribution in [0.25, 0.3) is 5.57 Å². The zero-order valence-electron chi connectivity index (χ0n) is 10.0. The molecule has 4 heteroatoms. The van der Waals surface area contributed by atoms with Gasteiger partial charge in [-0.1, -0.05) is 30.3 Å². The number of amidine groups is 2. The Morgan fingerprint density at radius 1 is 1.00 bits per heavy atom. The summed E-state index contributed by atoms with van der Waals surface area (Å²) in [5.41, 5.74) is 14.7. The zero-order chi connectivity index (χ0) is 13.1. The highest BCUT2D eigenvalue weighted by Gasteiger charge is 2.09. The molecular weight excluding hydrogens is 224 g/mol. The minimum atomic E-state index is 0.0727. The topological polar surface area (TPSA) is 99.7 Å². The van der Waals surface area contributed by atoms with Crippen molar-refractivity contribution in [3.8, 4) is 0 Å². The second kappa shape index (κ2) is 4.87. The zero-order valence-corrected chi connectivity index (χ0v) is 10.0. The summed E-state index contributed by atoms with van der Waals surface area (Å²) in [6.07, 6.45) is 5.77. The van der Waals surface area contributed by atoms with Gasteiger partial charge >= 0.3 is 0 Å². The van der Waals surface area contributed by atoms with E-state index in [0.29, 0.717) is 0 Å².